The fourth-order valence-electron chi connectivity index (χ4n) is 2.93. The highest BCUT2D eigenvalue weighted by Gasteiger charge is 2.39. The zero-order valence-electron chi connectivity index (χ0n) is 13.0. The van der Waals surface area contributed by atoms with Crippen LogP contribution < -0.4 is 5.32 Å². The van der Waals surface area contributed by atoms with E-state index in [1.807, 2.05) is 36.9 Å². The Bertz CT molecular complexity index is 519. The quantitative estimate of drug-likeness (QED) is 0.819. The van der Waals surface area contributed by atoms with Crippen molar-refractivity contribution >= 4 is 11.9 Å². The third-order valence-electron chi connectivity index (χ3n) is 4.17. The molecule has 0 spiro atoms. The lowest BCUT2D eigenvalue weighted by atomic mass is 9.86. The zero-order chi connectivity index (χ0) is 16.1. The highest BCUT2D eigenvalue weighted by molar-refractivity contribution is 5.78. The summed E-state index contributed by atoms with van der Waals surface area (Å²) in [5, 5.41) is 12.1. The first-order valence-corrected chi connectivity index (χ1v) is 7.59. The molecule has 2 heterocycles. The molecule has 1 fully saturated rings. The maximum atomic E-state index is 12.0. The highest BCUT2D eigenvalue weighted by atomic mass is 16.4. The fraction of sp³-hybridized carbons (Fsp3) is 0.562. The van der Waals surface area contributed by atoms with Crippen molar-refractivity contribution in [2.75, 3.05) is 19.6 Å². The van der Waals surface area contributed by atoms with Crippen LogP contribution in [0.2, 0.25) is 0 Å². The number of aromatic nitrogens is 1. The molecule has 0 unspecified atom stereocenters. The molecule has 1 aliphatic heterocycles. The van der Waals surface area contributed by atoms with E-state index in [9.17, 15) is 14.7 Å². The number of nitrogens with zero attached hydrogens (tertiary/aromatic N) is 2. The maximum absolute atomic E-state index is 12.0. The minimum atomic E-state index is -0.768. The van der Waals surface area contributed by atoms with Crippen molar-refractivity contribution in [3.63, 3.8) is 0 Å². The van der Waals surface area contributed by atoms with Crippen molar-refractivity contribution in [1.29, 1.82) is 0 Å². The van der Waals surface area contributed by atoms with E-state index in [4.69, 9.17) is 0 Å². The first-order chi connectivity index (χ1) is 10.5. The van der Waals surface area contributed by atoms with Crippen LogP contribution in [0.4, 0.5) is 0 Å². The second kappa shape index (κ2) is 7.35. The normalized spacial score (nSPS) is 22.0. The third kappa shape index (κ3) is 4.27. The van der Waals surface area contributed by atoms with E-state index in [1.165, 1.54) is 0 Å². The fourth-order valence-corrected chi connectivity index (χ4v) is 2.93. The van der Waals surface area contributed by atoms with E-state index in [0.717, 1.165) is 5.69 Å². The van der Waals surface area contributed by atoms with E-state index in [0.29, 0.717) is 25.6 Å². The Morgan fingerprint density at radius 2 is 2.18 bits per heavy atom. The second-order valence-electron chi connectivity index (χ2n) is 6.14. The highest BCUT2D eigenvalue weighted by Crippen LogP contribution is 2.29. The predicted octanol–water partition coefficient (Wildman–Crippen LogP) is 0.986. The molecule has 1 aromatic rings. The molecular weight excluding hydrogens is 282 g/mol. The number of carboxylic acid groups (broad SMARTS) is 1. The van der Waals surface area contributed by atoms with Gasteiger partial charge in [0.15, 0.2) is 0 Å². The van der Waals surface area contributed by atoms with Crippen LogP contribution in [-0.4, -0.2) is 46.5 Å². The molecule has 1 aliphatic rings. The number of rotatable bonds is 6. The van der Waals surface area contributed by atoms with Gasteiger partial charge in [0.05, 0.1) is 24.7 Å². The van der Waals surface area contributed by atoms with Crippen LogP contribution in [-0.2, 0) is 16.1 Å². The molecule has 120 valence electrons. The average Bonchev–Trinajstić information content (AvgIpc) is 2.90. The van der Waals surface area contributed by atoms with Gasteiger partial charge in [-0.2, -0.15) is 0 Å². The number of aliphatic carboxylic acids is 1. The number of pyridine rings is 1. The predicted molar refractivity (Wildman–Crippen MR) is 82.0 cm³/mol. The molecule has 0 saturated carbocycles. The van der Waals surface area contributed by atoms with Gasteiger partial charge in [0.2, 0.25) is 5.91 Å². The maximum Gasteiger partial charge on any atom is 0.308 e. The third-order valence-corrected chi connectivity index (χ3v) is 4.17. The van der Waals surface area contributed by atoms with Crippen LogP contribution >= 0.6 is 0 Å². The Balaban J connectivity index is 1.83. The minimum Gasteiger partial charge on any atom is -0.481 e. The molecule has 1 amide bonds. The van der Waals surface area contributed by atoms with Crippen LogP contribution in [0.1, 0.15) is 19.5 Å². The number of likely N-dealkylation sites (tertiary alicyclic amines) is 1. The van der Waals surface area contributed by atoms with E-state index >= 15 is 0 Å². The second-order valence-corrected chi connectivity index (χ2v) is 6.14. The number of carbonyl (C=O) groups excluding carboxylic acids is 1. The molecule has 0 bridgehead atoms. The van der Waals surface area contributed by atoms with Gasteiger partial charge in [-0.1, -0.05) is 19.9 Å². The number of nitrogens with one attached hydrogen (secondary N) is 1. The van der Waals surface area contributed by atoms with Crippen molar-refractivity contribution in [1.82, 2.24) is 15.2 Å². The zero-order valence-corrected chi connectivity index (χ0v) is 13.0. The largest absolute Gasteiger partial charge is 0.481 e. The summed E-state index contributed by atoms with van der Waals surface area (Å²) in [5.74, 6) is -0.860. The van der Waals surface area contributed by atoms with Crippen LogP contribution in [0.15, 0.2) is 24.4 Å². The summed E-state index contributed by atoms with van der Waals surface area (Å²) < 4.78 is 0. The smallest absolute Gasteiger partial charge is 0.308 e. The number of hydrogen-bond acceptors (Lipinski definition) is 4. The standard InChI is InChI=1S/C16H23N3O3/c1-11(2)13-8-19(9-14(13)16(21)22)10-15(20)18-7-12-5-3-4-6-17-12/h3-6,11,13-14H,7-10H2,1-2H3,(H,18,20)(H,21,22)/t13-,14+/m0/s1. The van der Waals surface area contributed by atoms with Gasteiger partial charge in [-0.05, 0) is 24.0 Å². The van der Waals surface area contributed by atoms with Crippen molar-refractivity contribution in [3.05, 3.63) is 30.1 Å². The summed E-state index contributed by atoms with van der Waals surface area (Å²) >= 11 is 0. The van der Waals surface area contributed by atoms with Gasteiger partial charge in [-0.15, -0.1) is 0 Å². The Morgan fingerprint density at radius 1 is 1.41 bits per heavy atom. The number of carbonyl (C=O) groups is 2. The molecule has 0 radical (unpaired) electrons. The van der Waals surface area contributed by atoms with Crippen molar-refractivity contribution in [3.8, 4) is 0 Å². The molecule has 2 rings (SSSR count). The van der Waals surface area contributed by atoms with E-state index in [-0.39, 0.29) is 24.3 Å². The number of amides is 1. The van der Waals surface area contributed by atoms with Gasteiger partial charge in [-0.3, -0.25) is 19.5 Å². The minimum absolute atomic E-state index is 0.0980. The molecule has 6 nitrogen and oxygen atoms in total. The molecule has 2 atom stereocenters. The summed E-state index contributed by atoms with van der Waals surface area (Å²) in [5.41, 5.74) is 0.806. The average molecular weight is 305 g/mol. The Labute approximate surface area is 130 Å². The van der Waals surface area contributed by atoms with E-state index in [1.54, 1.807) is 6.20 Å². The van der Waals surface area contributed by atoms with Gasteiger partial charge in [0.25, 0.3) is 0 Å². The monoisotopic (exact) mass is 305 g/mol. The van der Waals surface area contributed by atoms with Crippen LogP contribution in [0.3, 0.4) is 0 Å². The first kappa shape index (κ1) is 16.4. The molecule has 0 aliphatic carbocycles. The van der Waals surface area contributed by atoms with Crippen LogP contribution in [0.5, 0.6) is 0 Å². The van der Waals surface area contributed by atoms with Gasteiger partial charge in [-0.25, -0.2) is 0 Å². The molecule has 6 heteroatoms. The van der Waals surface area contributed by atoms with E-state index in [2.05, 4.69) is 10.3 Å². The summed E-state index contributed by atoms with van der Waals surface area (Å²) in [6, 6.07) is 5.55. The molecule has 1 aromatic heterocycles. The topological polar surface area (TPSA) is 82.5 Å². The first-order valence-electron chi connectivity index (χ1n) is 7.59. The lowest BCUT2D eigenvalue weighted by Gasteiger charge is -2.18. The number of hydrogen-bond donors (Lipinski definition) is 2. The Morgan fingerprint density at radius 3 is 2.73 bits per heavy atom. The van der Waals surface area contributed by atoms with Gasteiger partial charge in [0.1, 0.15) is 0 Å². The summed E-state index contributed by atoms with van der Waals surface area (Å²) in [6.07, 6.45) is 1.69. The molecule has 2 N–H and O–H groups in total. The summed E-state index contributed by atoms with van der Waals surface area (Å²) in [6.45, 7) is 5.79. The van der Waals surface area contributed by atoms with Gasteiger partial charge in [0, 0.05) is 19.3 Å². The molecule has 0 aromatic carbocycles. The Hall–Kier alpha value is -1.95. The van der Waals surface area contributed by atoms with Crippen LogP contribution in [0, 0.1) is 17.8 Å². The SMILES string of the molecule is CC(C)[C@@H]1CN(CC(=O)NCc2ccccn2)C[C@H]1C(=O)O. The Kier molecular flexibility index (Phi) is 5.49. The lowest BCUT2D eigenvalue weighted by Crippen LogP contribution is -2.36. The molecular formula is C16H23N3O3. The van der Waals surface area contributed by atoms with E-state index < -0.39 is 5.97 Å². The van der Waals surface area contributed by atoms with Crippen molar-refractivity contribution in [2.24, 2.45) is 17.8 Å². The van der Waals surface area contributed by atoms with Gasteiger partial charge < -0.3 is 10.4 Å². The van der Waals surface area contributed by atoms with Crippen molar-refractivity contribution in [2.45, 2.75) is 20.4 Å². The lowest BCUT2D eigenvalue weighted by molar-refractivity contribution is -0.143. The van der Waals surface area contributed by atoms with Crippen molar-refractivity contribution < 1.29 is 14.7 Å². The summed E-state index contributed by atoms with van der Waals surface area (Å²) in [4.78, 5) is 29.4. The summed E-state index contributed by atoms with van der Waals surface area (Å²) in [7, 11) is 0. The molecule has 22 heavy (non-hydrogen) atoms. The van der Waals surface area contributed by atoms with Crippen LogP contribution in [0.25, 0.3) is 0 Å². The molecule has 1 saturated heterocycles. The number of carboxylic acids is 1. The van der Waals surface area contributed by atoms with Gasteiger partial charge >= 0.3 is 5.97 Å².